The summed E-state index contributed by atoms with van der Waals surface area (Å²) < 4.78 is 2.07. The highest BCUT2D eigenvalue weighted by molar-refractivity contribution is 6.17. The lowest BCUT2D eigenvalue weighted by molar-refractivity contribution is 1.07. The van der Waals surface area contributed by atoms with Crippen molar-refractivity contribution in [1.29, 1.82) is 0 Å². The molecule has 3 heteroatoms. The number of fused-ring (bicyclic) bond motifs is 1. The number of rotatable bonds is 2. The molecule has 2 nitrogen and oxygen atoms in total. The Bertz CT molecular complexity index is 686. The molecular formula is C15H13ClN2. The van der Waals surface area contributed by atoms with E-state index in [-0.39, 0.29) is 0 Å². The molecule has 90 valence electrons. The lowest BCUT2D eigenvalue weighted by atomic mass is 10.1. The fourth-order valence-electron chi connectivity index (χ4n) is 2.15. The lowest BCUT2D eigenvalue weighted by Crippen LogP contribution is -1.91. The molecule has 0 amide bonds. The summed E-state index contributed by atoms with van der Waals surface area (Å²) in [4.78, 5) is 4.67. The Morgan fingerprint density at radius 3 is 2.61 bits per heavy atom. The van der Waals surface area contributed by atoms with Crippen LogP contribution < -0.4 is 0 Å². The van der Waals surface area contributed by atoms with Gasteiger partial charge >= 0.3 is 0 Å². The van der Waals surface area contributed by atoms with Gasteiger partial charge < -0.3 is 4.40 Å². The van der Waals surface area contributed by atoms with Gasteiger partial charge in [0, 0.05) is 11.8 Å². The molecule has 0 unspecified atom stereocenters. The number of halogens is 1. The van der Waals surface area contributed by atoms with E-state index < -0.39 is 0 Å². The number of pyridine rings is 1. The van der Waals surface area contributed by atoms with E-state index in [4.69, 9.17) is 11.6 Å². The maximum atomic E-state index is 6.09. The second-order valence-electron chi connectivity index (χ2n) is 4.34. The highest BCUT2D eigenvalue weighted by Crippen LogP contribution is 2.25. The monoisotopic (exact) mass is 256 g/mol. The van der Waals surface area contributed by atoms with Gasteiger partial charge in [0.25, 0.3) is 0 Å². The zero-order valence-electron chi connectivity index (χ0n) is 10.1. The van der Waals surface area contributed by atoms with Crippen LogP contribution in [0.1, 0.15) is 11.3 Å². The Labute approximate surface area is 111 Å². The summed E-state index contributed by atoms with van der Waals surface area (Å²) in [6, 6.07) is 14.2. The van der Waals surface area contributed by atoms with Crippen LogP contribution in [0.4, 0.5) is 0 Å². The van der Waals surface area contributed by atoms with Crippen molar-refractivity contribution >= 4 is 17.2 Å². The molecule has 18 heavy (non-hydrogen) atoms. The molecule has 0 bridgehead atoms. The Balaban J connectivity index is 2.30. The highest BCUT2D eigenvalue weighted by Gasteiger charge is 2.12. The minimum Gasteiger partial charge on any atom is -0.302 e. The third-order valence-electron chi connectivity index (χ3n) is 3.04. The number of hydrogen-bond donors (Lipinski definition) is 0. The summed E-state index contributed by atoms with van der Waals surface area (Å²) >= 11 is 6.09. The Morgan fingerprint density at radius 1 is 1.11 bits per heavy atom. The molecule has 2 aromatic heterocycles. The first-order valence-electron chi connectivity index (χ1n) is 5.88. The van der Waals surface area contributed by atoms with Crippen LogP contribution in [0.5, 0.6) is 0 Å². The average molecular weight is 257 g/mol. The van der Waals surface area contributed by atoms with E-state index in [1.165, 1.54) is 5.56 Å². The van der Waals surface area contributed by atoms with Crippen LogP contribution in [-0.4, -0.2) is 9.38 Å². The highest BCUT2D eigenvalue weighted by atomic mass is 35.5. The number of alkyl halides is 1. The van der Waals surface area contributed by atoms with Gasteiger partial charge in [-0.1, -0.05) is 36.4 Å². The van der Waals surface area contributed by atoms with E-state index in [1.807, 2.05) is 24.3 Å². The van der Waals surface area contributed by atoms with E-state index in [0.29, 0.717) is 5.88 Å². The smallest absolute Gasteiger partial charge is 0.137 e. The molecule has 0 aliphatic carbocycles. The van der Waals surface area contributed by atoms with Crippen molar-refractivity contribution in [1.82, 2.24) is 9.38 Å². The third-order valence-corrected chi connectivity index (χ3v) is 3.29. The molecule has 0 aliphatic heterocycles. The van der Waals surface area contributed by atoms with Gasteiger partial charge in [-0.05, 0) is 18.6 Å². The van der Waals surface area contributed by atoms with E-state index in [2.05, 4.69) is 40.7 Å². The minimum absolute atomic E-state index is 0.453. The molecular weight excluding hydrogens is 244 g/mol. The Morgan fingerprint density at radius 2 is 1.89 bits per heavy atom. The van der Waals surface area contributed by atoms with Crippen molar-refractivity contribution in [2.45, 2.75) is 12.8 Å². The number of aryl methyl sites for hydroxylation is 1. The lowest BCUT2D eigenvalue weighted by Gasteiger charge is -2.01. The molecule has 3 aromatic rings. The first kappa shape index (κ1) is 11.3. The zero-order valence-corrected chi connectivity index (χ0v) is 10.9. The second kappa shape index (κ2) is 4.46. The normalized spacial score (nSPS) is 11.0. The Kier molecular flexibility index (Phi) is 2.80. The minimum atomic E-state index is 0.453. The van der Waals surface area contributed by atoms with Crippen LogP contribution in [0.15, 0.2) is 48.7 Å². The molecule has 0 fully saturated rings. The molecule has 0 radical (unpaired) electrons. The predicted molar refractivity (Wildman–Crippen MR) is 74.9 cm³/mol. The maximum absolute atomic E-state index is 6.09. The maximum Gasteiger partial charge on any atom is 0.137 e. The number of aromatic nitrogens is 2. The van der Waals surface area contributed by atoms with Gasteiger partial charge in [-0.15, -0.1) is 11.6 Å². The summed E-state index contributed by atoms with van der Waals surface area (Å²) in [7, 11) is 0. The molecule has 3 rings (SSSR count). The van der Waals surface area contributed by atoms with E-state index in [9.17, 15) is 0 Å². The van der Waals surface area contributed by atoms with Crippen molar-refractivity contribution in [3.63, 3.8) is 0 Å². The van der Waals surface area contributed by atoms with Crippen LogP contribution in [0, 0.1) is 6.92 Å². The number of benzene rings is 1. The third kappa shape index (κ3) is 1.79. The van der Waals surface area contributed by atoms with Gasteiger partial charge in [0.05, 0.1) is 17.3 Å². The van der Waals surface area contributed by atoms with Crippen molar-refractivity contribution < 1.29 is 0 Å². The average Bonchev–Trinajstić information content (AvgIpc) is 2.77. The van der Waals surface area contributed by atoms with Gasteiger partial charge in [-0.3, -0.25) is 0 Å². The van der Waals surface area contributed by atoms with Crippen molar-refractivity contribution in [2.24, 2.45) is 0 Å². The summed E-state index contributed by atoms with van der Waals surface area (Å²) in [5.41, 5.74) is 5.26. The van der Waals surface area contributed by atoms with Crippen molar-refractivity contribution in [2.75, 3.05) is 0 Å². The van der Waals surface area contributed by atoms with E-state index >= 15 is 0 Å². The first-order valence-corrected chi connectivity index (χ1v) is 6.42. The van der Waals surface area contributed by atoms with Gasteiger partial charge in [0.1, 0.15) is 5.65 Å². The summed E-state index contributed by atoms with van der Waals surface area (Å²) in [5.74, 6) is 0.453. The number of nitrogens with zero attached hydrogens (tertiary/aromatic N) is 2. The summed E-state index contributed by atoms with van der Waals surface area (Å²) in [6.45, 7) is 2.07. The van der Waals surface area contributed by atoms with E-state index in [1.54, 1.807) is 0 Å². The van der Waals surface area contributed by atoms with Crippen molar-refractivity contribution in [3.05, 3.63) is 59.9 Å². The molecule has 0 atom stereocenters. The SMILES string of the molecule is Cc1ccc2nc(-c3ccccc3)c(CCl)n2c1. The Hall–Kier alpha value is -1.80. The first-order chi connectivity index (χ1) is 8.79. The summed E-state index contributed by atoms with van der Waals surface area (Å²) in [5, 5.41) is 0. The molecule has 1 aromatic carbocycles. The number of imidazole rings is 1. The zero-order chi connectivity index (χ0) is 12.5. The largest absolute Gasteiger partial charge is 0.302 e. The van der Waals surface area contributed by atoms with E-state index in [0.717, 1.165) is 22.6 Å². The molecule has 0 aliphatic rings. The topological polar surface area (TPSA) is 17.3 Å². The second-order valence-corrected chi connectivity index (χ2v) is 4.61. The van der Waals surface area contributed by atoms with Crippen LogP contribution in [0.2, 0.25) is 0 Å². The fraction of sp³-hybridized carbons (Fsp3) is 0.133. The number of hydrogen-bond acceptors (Lipinski definition) is 1. The molecule has 2 heterocycles. The van der Waals surface area contributed by atoms with Gasteiger partial charge in [-0.2, -0.15) is 0 Å². The molecule has 0 saturated carbocycles. The fourth-order valence-corrected chi connectivity index (χ4v) is 2.41. The van der Waals surface area contributed by atoms with Gasteiger partial charge in [-0.25, -0.2) is 4.98 Å². The standard InChI is InChI=1S/C15H13ClN2/c1-11-7-8-14-17-15(12-5-3-2-4-6-12)13(9-16)18(14)10-11/h2-8,10H,9H2,1H3. The van der Waals surface area contributed by atoms with Crippen LogP contribution >= 0.6 is 11.6 Å². The predicted octanol–water partition coefficient (Wildman–Crippen LogP) is 4.05. The molecule has 0 N–H and O–H groups in total. The van der Waals surface area contributed by atoms with Gasteiger partial charge in [0.2, 0.25) is 0 Å². The molecule has 0 spiro atoms. The van der Waals surface area contributed by atoms with Gasteiger partial charge in [0.15, 0.2) is 0 Å². The van der Waals surface area contributed by atoms with Crippen molar-refractivity contribution in [3.8, 4) is 11.3 Å². The summed E-state index contributed by atoms with van der Waals surface area (Å²) in [6.07, 6.45) is 2.08. The van der Waals surface area contributed by atoms with Crippen LogP contribution in [0.25, 0.3) is 16.9 Å². The van der Waals surface area contributed by atoms with Crippen LogP contribution in [0.3, 0.4) is 0 Å². The quantitative estimate of drug-likeness (QED) is 0.633. The molecule has 0 saturated heterocycles. The van der Waals surface area contributed by atoms with Crippen LogP contribution in [-0.2, 0) is 5.88 Å².